The molecule has 2 aromatic rings. The lowest BCUT2D eigenvalue weighted by Gasteiger charge is -2.21. The van der Waals surface area contributed by atoms with Gasteiger partial charge in [-0.1, -0.05) is 24.3 Å². The van der Waals surface area contributed by atoms with E-state index in [-0.39, 0.29) is 11.8 Å². The minimum atomic E-state index is -0.0308. The van der Waals surface area contributed by atoms with Crippen molar-refractivity contribution in [1.82, 2.24) is 15.2 Å². The monoisotopic (exact) mass is 325 g/mol. The van der Waals surface area contributed by atoms with Crippen LogP contribution in [0.3, 0.4) is 0 Å². The summed E-state index contributed by atoms with van der Waals surface area (Å²) in [7, 11) is 0. The number of carbonyl (C=O) groups excluding carboxylic acids is 2. The van der Waals surface area contributed by atoms with E-state index in [0.717, 1.165) is 16.7 Å². The zero-order valence-electron chi connectivity index (χ0n) is 14.2. The van der Waals surface area contributed by atoms with E-state index in [0.29, 0.717) is 26.1 Å². The average Bonchev–Trinajstić information content (AvgIpc) is 2.57. The maximum atomic E-state index is 12.1. The van der Waals surface area contributed by atoms with Crippen molar-refractivity contribution in [3.8, 4) is 0 Å². The predicted molar refractivity (Wildman–Crippen MR) is 93.2 cm³/mol. The second kappa shape index (κ2) is 8.82. The topological polar surface area (TPSA) is 62.3 Å². The SMILES string of the molecule is CC(=O)N(CCNC(=O)Cc1ccccc1C)Cc1ccncc1. The third kappa shape index (κ3) is 5.50. The Bertz CT molecular complexity index is 686. The van der Waals surface area contributed by atoms with Crippen molar-refractivity contribution in [3.63, 3.8) is 0 Å². The van der Waals surface area contributed by atoms with E-state index >= 15 is 0 Å². The Morgan fingerprint density at radius 1 is 1.12 bits per heavy atom. The van der Waals surface area contributed by atoms with Crippen molar-refractivity contribution < 1.29 is 9.59 Å². The molecule has 0 saturated carbocycles. The zero-order valence-corrected chi connectivity index (χ0v) is 14.2. The minimum absolute atomic E-state index is 0.0139. The van der Waals surface area contributed by atoms with Gasteiger partial charge in [-0.25, -0.2) is 0 Å². The lowest BCUT2D eigenvalue weighted by atomic mass is 10.1. The van der Waals surface area contributed by atoms with Gasteiger partial charge in [0, 0.05) is 39.0 Å². The molecule has 0 spiro atoms. The number of carbonyl (C=O) groups is 2. The molecule has 0 aliphatic carbocycles. The summed E-state index contributed by atoms with van der Waals surface area (Å²) in [6.45, 7) is 4.98. The van der Waals surface area contributed by atoms with E-state index < -0.39 is 0 Å². The molecule has 0 saturated heterocycles. The summed E-state index contributed by atoms with van der Waals surface area (Å²) >= 11 is 0. The number of hydrogen-bond donors (Lipinski definition) is 1. The second-order valence-electron chi connectivity index (χ2n) is 5.75. The number of aromatic nitrogens is 1. The van der Waals surface area contributed by atoms with Crippen molar-refractivity contribution >= 4 is 11.8 Å². The Balaban J connectivity index is 1.81. The highest BCUT2D eigenvalue weighted by Crippen LogP contribution is 2.07. The van der Waals surface area contributed by atoms with E-state index in [1.807, 2.05) is 43.3 Å². The van der Waals surface area contributed by atoms with Crippen LogP contribution < -0.4 is 5.32 Å². The molecule has 5 heteroatoms. The normalized spacial score (nSPS) is 10.2. The maximum Gasteiger partial charge on any atom is 0.224 e. The summed E-state index contributed by atoms with van der Waals surface area (Å²) in [6.07, 6.45) is 3.77. The van der Waals surface area contributed by atoms with Crippen molar-refractivity contribution in [2.24, 2.45) is 0 Å². The Hall–Kier alpha value is -2.69. The maximum absolute atomic E-state index is 12.1. The molecule has 2 amide bonds. The summed E-state index contributed by atoms with van der Waals surface area (Å²) in [5.41, 5.74) is 3.15. The molecular weight excluding hydrogens is 302 g/mol. The first-order valence-electron chi connectivity index (χ1n) is 8.02. The highest BCUT2D eigenvalue weighted by atomic mass is 16.2. The van der Waals surface area contributed by atoms with Crippen LogP contribution in [-0.2, 0) is 22.6 Å². The number of hydrogen-bond acceptors (Lipinski definition) is 3. The van der Waals surface area contributed by atoms with E-state index in [1.165, 1.54) is 6.92 Å². The lowest BCUT2D eigenvalue weighted by molar-refractivity contribution is -0.130. The smallest absolute Gasteiger partial charge is 0.224 e. The van der Waals surface area contributed by atoms with Gasteiger partial charge in [-0.05, 0) is 35.7 Å². The Kier molecular flexibility index (Phi) is 6.49. The Morgan fingerprint density at radius 3 is 2.50 bits per heavy atom. The highest BCUT2D eigenvalue weighted by molar-refractivity contribution is 5.79. The molecule has 0 aliphatic rings. The molecule has 0 unspecified atom stereocenters. The molecule has 126 valence electrons. The van der Waals surface area contributed by atoms with Crippen molar-refractivity contribution in [1.29, 1.82) is 0 Å². The third-order valence-corrected chi connectivity index (χ3v) is 3.88. The molecule has 0 bridgehead atoms. The van der Waals surface area contributed by atoms with Gasteiger partial charge in [-0.15, -0.1) is 0 Å². The molecular formula is C19H23N3O2. The summed E-state index contributed by atoms with van der Waals surface area (Å²) in [4.78, 5) is 29.5. The van der Waals surface area contributed by atoms with Gasteiger partial charge in [-0.2, -0.15) is 0 Å². The molecule has 1 aromatic carbocycles. The van der Waals surface area contributed by atoms with Gasteiger partial charge in [0.2, 0.25) is 11.8 Å². The number of aryl methyl sites for hydroxylation is 1. The first-order valence-corrected chi connectivity index (χ1v) is 8.02. The van der Waals surface area contributed by atoms with Crippen LogP contribution in [0.15, 0.2) is 48.8 Å². The highest BCUT2D eigenvalue weighted by Gasteiger charge is 2.10. The molecule has 5 nitrogen and oxygen atoms in total. The summed E-state index contributed by atoms with van der Waals surface area (Å²) < 4.78 is 0. The summed E-state index contributed by atoms with van der Waals surface area (Å²) in [6, 6.07) is 11.6. The van der Waals surface area contributed by atoms with Crippen LogP contribution in [0.25, 0.3) is 0 Å². The van der Waals surface area contributed by atoms with Crippen LogP contribution >= 0.6 is 0 Å². The quantitative estimate of drug-likeness (QED) is 0.848. The standard InChI is InChI=1S/C19H23N3O2/c1-15-5-3-4-6-18(15)13-19(24)21-11-12-22(16(2)23)14-17-7-9-20-10-8-17/h3-10H,11-14H2,1-2H3,(H,21,24). The Morgan fingerprint density at radius 2 is 1.83 bits per heavy atom. The molecule has 0 fully saturated rings. The first kappa shape index (κ1) is 17.7. The van der Waals surface area contributed by atoms with E-state index in [9.17, 15) is 9.59 Å². The summed E-state index contributed by atoms with van der Waals surface area (Å²) in [5.74, 6) is -0.0447. The number of nitrogens with zero attached hydrogens (tertiary/aromatic N) is 2. The molecule has 1 heterocycles. The molecule has 2 rings (SSSR count). The fourth-order valence-corrected chi connectivity index (χ4v) is 2.43. The van der Waals surface area contributed by atoms with Gasteiger partial charge in [0.1, 0.15) is 0 Å². The minimum Gasteiger partial charge on any atom is -0.354 e. The number of rotatable bonds is 7. The van der Waals surface area contributed by atoms with Gasteiger partial charge >= 0.3 is 0 Å². The van der Waals surface area contributed by atoms with Crippen LogP contribution in [-0.4, -0.2) is 34.8 Å². The first-order chi connectivity index (χ1) is 11.6. The van der Waals surface area contributed by atoms with Gasteiger partial charge in [0.05, 0.1) is 6.42 Å². The average molecular weight is 325 g/mol. The van der Waals surface area contributed by atoms with Gasteiger partial charge in [0.15, 0.2) is 0 Å². The molecule has 0 aliphatic heterocycles. The Labute approximate surface area is 142 Å². The van der Waals surface area contributed by atoms with Crippen LogP contribution in [0.2, 0.25) is 0 Å². The fourth-order valence-electron chi connectivity index (χ4n) is 2.43. The van der Waals surface area contributed by atoms with Gasteiger partial charge in [0.25, 0.3) is 0 Å². The molecule has 24 heavy (non-hydrogen) atoms. The van der Waals surface area contributed by atoms with E-state index in [4.69, 9.17) is 0 Å². The fraction of sp³-hybridized carbons (Fsp3) is 0.316. The lowest BCUT2D eigenvalue weighted by Crippen LogP contribution is -2.37. The van der Waals surface area contributed by atoms with Gasteiger partial charge in [-0.3, -0.25) is 14.6 Å². The second-order valence-corrected chi connectivity index (χ2v) is 5.75. The third-order valence-electron chi connectivity index (χ3n) is 3.88. The molecule has 1 N–H and O–H groups in total. The number of amides is 2. The van der Waals surface area contributed by atoms with Crippen LogP contribution in [0, 0.1) is 6.92 Å². The van der Waals surface area contributed by atoms with Crippen LogP contribution in [0.1, 0.15) is 23.6 Å². The number of pyridine rings is 1. The van der Waals surface area contributed by atoms with E-state index in [2.05, 4.69) is 10.3 Å². The largest absolute Gasteiger partial charge is 0.354 e. The molecule has 0 radical (unpaired) electrons. The van der Waals surface area contributed by atoms with Crippen molar-refractivity contribution in [2.75, 3.05) is 13.1 Å². The van der Waals surface area contributed by atoms with Crippen molar-refractivity contribution in [3.05, 3.63) is 65.5 Å². The van der Waals surface area contributed by atoms with E-state index in [1.54, 1.807) is 17.3 Å². The van der Waals surface area contributed by atoms with Crippen LogP contribution in [0.5, 0.6) is 0 Å². The zero-order chi connectivity index (χ0) is 17.4. The molecule has 0 atom stereocenters. The van der Waals surface area contributed by atoms with Crippen LogP contribution in [0.4, 0.5) is 0 Å². The van der Waals surface area contributed by atoms with Crippen molar-refractivity contribution in [2.45, 2.75) is 26.8 Å². The number of benzene rings is 1. The predicted octanol–water partition coefficient (Wildman–Crippen LogP) is 2.10. The van der Waals surface area contributed by atoms with Gasteiger partial charge < -0.3 is 10.2 Å². The summed E-state index contributed by atoms with van der Waals surface area (Å²) in [5, 5.41) is 2.88. The molecule has 1 aromatic heterocycles. The number of nitrogens with one attached hydrogen (secondary N) is 1.